The van der Waals surface area contributed by atoms with Gasteiger partial charge in [0.15, 0.2) is 15.6 Å². The molecule has 0 aromatic carbocycles. The summed E-state index contributed by atoms with van der Waals surface area (Å²) in [5.74, 6) is -4.34. The molecule has 4 amide bonds. The number of hydrogen-bond acceptors (Lipinski definition) is 14. The molecule has 3 fully saturated rings. The minimum absolute atomic E-state index is 0. The van der Waals surface area contributed by atoms with Crippen LogP contribution in [-0.4, -0.2) is 112 Å². The first-order chi connectivity index (χ1) is 20.6. The van der Waals surface area contributed by atoms with Crippen molar-refractivity contribution in [3.8, 4) is 0 Å². The average molecular weight is 680 g/mol. The Morgan fingerprint density at radius 2 is 1.96 bits per heavy atom. The van der Waals surface area contributed by atoms with Crippen molar-refractivity contribution in [2.24, 2.45) is 10.9 Å². The summed E-state index contributed by atoms with van der Waals surface area (Å²) < 4.78 is 32.0. The molecule has 4 atom stereocenters. The molecule has 4 N–H and O–H groups in total. The second-order valence-corrected chi connectivity index (χ2v) is 13.9. The van der Waals surface area contributed by atoms with Crippen molar-refractivity contribution in [2.45, 2.75) is 47.8 Å². The van der Waals surface area contributed by atoms with Gasteiger partial charge < -0.3 is 44.9 Å². The third-order valence-corrected chi connectivity index (χ3v) is 11.4. The van der Waals surface area contributed by atoms with Crippen LogP contribution in [0.1, 0.15) is 26.0 Å². The van der Waals surface area contributed by atoms with Crippen LogP contribution in [-0.2, 0) is 43.4 Å². The second-order valence-electron chi connectivity index (χ2n) is 10.2. The summed E-state index contributed by atoms with van der Waals surface area (Å²) in [7, 11) is -2.36. The van der Waals surface area contributed by atoms with E-state index >= 15 is 0 Å². The van der Waals surface area contributed by atoms with Crippen LogP contribution in [0.4, 0.5) is 4.79 Å². The molecule has 0 aliphatic carbocycles. The molecule has 0 saturated carbocycles. The van der Waals surface area contributed by atoms with Crippen LogP contribution in [0.2, 0.25) is 0 Å². The molecule has 5 heterocycles. The first-order valence-electron chi connectivity index (χ1n) is 12.6. The van der Waals surface area contributed by atoms with E-state index in [2.05, 4.69) is 20.0 Å². The fourth-order valence-corrected chi connectivity index (χ4v) is 8.52. The van der Waals surface area contributed by atoms with Crippen molar-refractivity contribution >= 4 is 63.1 Å². The van der Waals surface area contributed by atoms with E-state index in [1.54, 1.807) is 6.07 Å². The molecule has 3 saturated heterocycles. The van der Waals surface area contributed by atoms with Gasteiger partial charge in [0.25, 0.3) is 11.8 Å². The standard InChI is InChI=1S/C16H16N4O8S.C8H11NO5S.Na/c1-26-19-9(8-3-2-4-27-8)12(21)18-10-13(22)20-11(15(23)24)7(5-28-16(17)25)6-29-14(10)20;1-8(2)6(7(11)12)9-4(10)3-5(9)15(8,13)14;/h2-4,10,14H,5-6H2,1H3,(H2,17,25)(H,18,21)(H,23,24);5-6H,3H2,1-2H3,(H,11,12);/q;;+1/p-1/b19-9+;;/t10-,14-;5-,6+;/m11./s1. The van der Waals surface area contributed by atoms with E-state index in [0.717, 1.165) is 9.80 Å². The molecule has 4 aliphatic rings. The Morgan fingerprint density at radius 1 is 1.29 bits per heavy atom. The number of aliphatic carboxylic acids is 2. The molecular weight excluding hydrogens is 653 g/mol. The monoisotopic (exact) mass is 679 g/mol. The number of carbonyl (C=O) groups excluding carboxylic acids is 5. The summed E-state index contributed by atoms with van der Waals surface area (Å²) in [5.41, 5.74) is 4.68. The summed E-state index contributed by atoms with van der Waals surface area (Å²) in [6.45, 7) is 2.28. The number of nitrogens with one attached hydrogen (secondary N) is 1. The fourth-order valence-electron chi connectivity index (χ4n) is 5.07. The number of oxime groups is 1. The van der Waals surface area contributed by atoms with Gasteiger partial charge in [0.1, 0.15) is 36.2 Å². The number of carboxylic acids is 2. The maximum Gasteiger partial charge on any atom is 1.00 e. The molecule has 0 bridgehead atoms. The van der Waals surface area contributed by atoms with E-state index in [-0.39, 0.29) is 71.1 Å². The first kappa shape index (κ1) is 35.9. The summed E-state index contributed by atoms with van der Waals surface area (Å²) in [6.07, 6.45) is 0.174. The summed E-state index contributed by atoms with van der Waals surface area (Å²) in [5, 5.41) is 24.9. The zero-order valence-electron chi connectivity index (χ0n) is 24.2. The van der Waals surface area contributed by atoms with Gasteiger partial charge in [0.05, 0.1) is 29.4 Å². The molecule has 4 aliphatic heterocycles. The predicted octanol–water partition coefficient (Wildman–Crippen LogP) is -5.66. The number of β-lactam (4-membered cyclic amide) rings is 2. The van der Waals surface area contributed by atoms with Gasteiger partial charge in [0.2, 0.25) is 11.6 Å². The van der Waals surface area contributed by atoms with Crippen LogP contribution in [0.3, 0.4) is 0 Å². The van der Waals surface area contributed by atoms with Crippen LogP contribution in [0.15, 0.2) is 39.2 Å². The fraction of sp³-hybridized carbons (Fsp3) is 0.458. The second kappa shape index (κ2) is 13.4. The SMILES string of the molecule is CC1(C)[C@H](C(=O)[O-])N2C(=O)C[C@H]2S1(=O)=O.CO/N=C(/C(=O)N[C@@H]1C(=O)N2C(C(=O)O)=C(COC(N)=O)CS[C@H]12)c1ccco1.[Na+]. The van der Waals surface area contributed by atoms with Gasteiger partial charge in [-0.25, -0.2) is 18.0 Å². The molecule has 18 nitrogen and oxygen atoms in total. The number of amides is 4. The number of furan rings is 1. The van der Waals surface area contributed by atoms with Crippen LogP contribution < -0.4 is 45.7 Å². The average Bonchev–Trinajstić information content (AvgIpc) is 3.52. The van der Waals surface area contributed by atoms with Crippen molar-refractivity contribution in [2.75, 3.05) is 19.5 Å². The minimum atomic E-state index is -3.61. The quantitative estimate of drug-likeness (QED) is 0.100. The normalized spacial score (nSPS) is 25.6. The van der Waals surface area contributed by atoms with Gasteiger partial charge in [-0.05, 0) is 26.0 Å². The maximum atomic E-state index is 12.6. The van der Waals surface area contributed by atoms with Crippen molar-refractivity contribution < 1.29 is 90.9 Å². The summed E-state index contributed by atoms with van der Waals surface area (Å²) in [4.78, 5) is 76.2. The number of rotatable bonds is 8. The van der Waals surface area contributed by atoms with E-state index in [0.29, 0.717) is 0 Å². The van der Waals surface area contributed by atoms with Crippen molar-refractivity contribution in [1.29, 1.82) is 0 Å². The molecule has 0 unspecified atom stereocenters. The first-order valence-corrected chi connectivity index (χ1v) is 15.2. The van der Waals surface area contributed by atoms with Gasteiger partial charge in [0, 0.05) is 11.3 Å². The Bertz CT molecular complexity index is 1590. The van der Waals surface area contributed by atoms with E-state index in [4.69, 9.17) is 10.2 Å². The Balaban J connectivity index is 0.000000290. The topological polar surface area (TPSA) is 268 Å². The number of sulfone groups is 1. The van der Waals surface area contributed by atoms with Gasteiger partial charge in [-0.15, -0.1) is 11.8 Å². The Labute approximate surface area is 281 Å². The van der Waals surface area contributed by atoms with Gasteiger partial charge in [-0.1, -0.05) is 5.16 Å². The van der Waals surface area contributed by atoms with Crippen molar-refractivity contribution in [3.63, 3.8) is 0 Å². The van der Waals surface area contributed by atoms with E-state index < -0.39 is 73.2 Å². The molecule has 238 valence electrons. The number of carboxylic acid groups (broad SMARTS) is 2. The number of hydrogen-bond donors (Lipinski definition) is 3. The molecule has 1 aromatic rings. The predicted molar refractivity (Wildman–Crippen MR) is 145 cm³/mol. The smallest absolute Gasteiger partial charge is 0.548 e. The number of carbonyl (C=O) groups is 6. The number of thioether (sulfide) groups is 1. The van der Waals surface area contributed by atoms with Crippen LogP contribution in [0, 0.1) is 0 Å². The Morgan fingerprint density at radius 3 is 2.44 bits per heavy atom. The van der Waals surface area contributed by atoms with E-state index in [9.17, 15) is 47.4 Å². The van der Waals surface area contributed by atoms with Crippen molar-refractivity contribution in [1.82, 2.24) is 15.1 Å². The van der Waals surface area contributed by atoms with Gasteiger partial charge in [-0.2, -0.15) is 0 Å². The molecule has 45 heavy (non-hydrogen) atoms. The molecule has 5 rings (SSSR count). The third-order valence-electron chi connectivity index (χ3n) is 7.28. The number of ether oxygens (including phenoxy) is 1. The zero-order chi connectivity index (χ0) is 32.7. The van der Waals surface area contributed by atoms with E-state index in [1.165, 1.54) is 45.0 Å². The molecule has 1 aromatic heterocycles. The molecule has 21 heteroatoms. The number of fused-ring (bicyclic) bond motifs is 2. The van der Waals surface area contributed by atoms with Crippen molar-refractivity contribution in [3.05, 3.63) is 35.4 Å². The van der Waals surface area contributed by atoms with Crippen LogP contribution >= 0.6 is 11.8 Å². The van der Waals surface area contributed by atoms with Gasteiger partial charge >= 0.3 is 41.6 Å². The molecule has 0 radical (unpaired) electrons. The van der Waals surface area contributed by atoms with Crippen LogP contribution in [0.25, 0.3) is 0 Å². The molecule has 0 spiro atoms. The van der Waals surface area contributed by atoms with Gasteiger partial charge in [-0.3, -0.25) is 19.3 Å². The Kier molecular flexibility index (Phi) is 10.7. The number of nitrogens with two attached hydrogens (primary N) is 1. The van der Waals surface area contributed by atoms with E-state index in [1.807, 2.05) is 0 Å². The molecular formula is C24H26N5NaO13S2. The summed E-state index contributed by atoms with van der Waals surface area (Å²) >= 11 is 1.21. The maximum absolute atomic E-state index is 12.6. The largest absolute Gasteiger partial charge is 1.00 e. The third kappa shape index (κ3) is 6.28. The number of nitrogens with zero attached hydrogens (tertiary/aromatic N) is 3. The van der Waals surface area contributed by atoms with Crippen LogP contribution in [0.5, 0.6) is 0 Å². The minimum Gasteiger partial charge on any atom is -0.548 e. The number of primary amides is 1. The zero-order valence-corrected chi connectivity index (χ0v) is 27.9. The summed E-state index contributed by atoms with van der Waals surface area (Å²) in [6, 6.07) is 0.713. The Hall–Kier alpha value is -3.59.